The van der Waals surface area contributed by atoms with Crippen LogP contribution in [-0.4, -0.2) is 40.3 Å². The number of nitriles is 1. The van der Waals surface area contributed by atoms with Crippen LogP contribution in [0.15, 0.2) is 73.1 Å². The van der Waals surface area contributed by atoms with Crippen LogP contribution in [0.4, 0.5) is 11.4 Å². The van der Waals surface area contributed by atoms with Crippen LogP contribution in [0.5, 0.6) is 5.75 Å². The number of pyridine rings is 2. The molecule has 8 heteroatoms. The summed E-state index contributed by atoms with van der Waals surface area (Å²) >= 11 is 6.53. The second-order valence-corrected chi connectivity index (χ2v) is 10.4. The second kappa shape index (κ2) is 12.3. The van der Waals surface area contributed by atoms with Gasteiger partial charge in [0.2, 0.25) is 0 Å². The number of allylic oxidation sites excluding steroid dienone is 1. The summed E-state index contributed by atoms with van der Waals surface area (Å²) in [6, 6.07) is 17.5. The number of hydrogen-bond donors (Lipinski definition) is 1. The standard InChI is InChI=1S/C32H30ClN5O2/c1-21-14-30-28(16-22(21)15-27(39)10-9-26-7-5-13-38(26)2)32(23(18-34)19-36-30)37-24-8-11-31(29(33)17-24)40-20-25-6-3-4-12-35-25/h3-4,6,8-12,14,16-17,19,26H,5,7,13,15,20H2,1-2H3,(H,36,37)/b10-9+/t26-/m1/s1. The molecule has 1 aliphatic heterocycles. The molecule has 5 rings (SSSR count). The Kier molecular flexibility index (Phi) is 8.40. The molecule has 202 valence electrons. The summed E-state index contributed by atoms with van der Waals surface area (Å²) in [6.45, 7) is 3.34. The Morgan fingerprint density at radius 1 is 1.25 bits per heavy atom. The van der Waals surface area contributed by atoms with E-state index in [-0.39, 0.29) is 12.2 Å². The van der Waals surface area contributed by atoms with Crippen molar-refractivity contribution >= 4 is 39.7 Å². The van der Waals surface area contributed by atoms with Crippen LogP contribution < -0.4 is 10.1 Å². The van der Waals surface area contributed by atoms with Gasteiger partial charge in [0, 0.05) is 35.9 Å². The highest BCUT2D eigenvalue weighted by atomic mass is 35.5. The molecular formula is C32H30ClN5O2. The molecule has 2 aromatic carbocycles. The summed E-state index contributed by atoms with van der Waals surface area (Å²) < 4.78 is 5.84. The lowest BCUT2D eigenvalue weighted by Crippen LogP contribution is -2.22. The van der Waals surface area contributed by atoms with Crippen molar-refractivity contribution in [3.63, 3.8) is 0 Å². The van der Waals surface area contributed by atoms with Gasteiger partial charge in [-0.3, -0.25) is 19.7 Å². The molecule has 1 atom stereocenters. The summed E-state index contributed by atoms with van der Waals surface area (Å²) in [6.07, 6.45) is 9.50. The lowest BCUT2D eigenvalue weighted by Gasteiger charge is -2.15. The third-order valence-corrected chi connectivity index (χ3v) is 7.49. The Morgan fingerprint density at radius 2 is 2.12 bits per heavy atom. The Morgan fingerprint density at radius 3 is 2.85 bits per heavy atom. The number of nitrogens with one attached hydrogen (secondary N) is 1. The minimum absolute atomic E-state index is 0.0507. The summed E-state index contributed by atoms with van der Waals surface area (Å²) in [7, 11) is 2.09. The maximum atomic E-state index is 12.9. The number of anilines is 2. The van der Waals surface area contributed by atoms with Crippen LogP contribution in [-0.2, 0) is 17.8 Å². The van der Waals surface area contributed by atoms with Crippen molar-refractivity contribution < 1.29 is 9.53 Å². The van der Waals surface area contributed by atoms with E-state index in [0.29, 0.717) is 40.4 Å². The van der Waals surface area contributed by atoms with Crippen LogP contribution in [0.3, 0.4) is 0 Å². The van der Waals surface area contributed by atoms with Gasteiger partial charge < -0.3 is 10.1 Å². The van der Waals surface area contributed by atoms with Crippen LogP contribution in [0.2, 0.25) is 5.02 Å². The molecule has 0 radical (unpaired) electrons. The van der Waals surface area contributed by atoms with E-state index >= 15 is 0 Å². The van der Waals surface area contributed by atoms with Crippen LogP contribution in [0, 0.1) is 18.3 Å². The topological polar surface area (TPSA) is 91.1 Å². The number of ketones is 1. The molecule has 1 fully saturated rings. The highest BCUT2D eigenvalue weighted by molar-refractivity contribution is 6.32. The highest BCUT2D eigenvalue weighted by Crippen LogP contribution is 2.34. The highest BCUT2D eigenvalue weighted by Gasteiger charge is 2.18. The van der Waals surface area contributed by atoms with Crippen molar-refractivity contribution in [3.8, 4) is 11.8 Å². The Bertz CT molecular complexity index is 1610. The fourth-order valence-electron chi connectivity index (χ4n) is 4.92. The molecular weight excluding hydrogens is 522 g/mol. The van der Waals surface area contributed by atoms with Crippen LogP contribution >= 0.6 is 11.6 Å². The van der Waals surface area contributed by atoms with Gasteiger partial charge >= 0.3 is 0 Å². The molecule has 4 aromatic rings. The van der Waals surface area contributed by atoms with Crippen molar-refractivity contribution in [2.45, 2.75) is 38.8 Å². The molecule has 0 amide bonds. The van der Waals surface area contributed by atoms with Crippen LogP contribution in [0.1, 0.15) is 35.2 Å². The first kappa shape index (κ1) is 27.3. The van der Waals surface area contributed by atoms with E-state index in [1.165, 1.54) is 0 Å². The lowest BCUT2D eigenvalue weighted by molar-refractivity contribution is -0.114. The van der Waals surface area contributed by atoms with Gasteiger partial charge in [-0.1, -0.05) is 23.7 Å². The number of aryl methyl sites for hydroxylation is 1. The smallest absolute Gasteiger partial charge is 0.159 e. The van der Waals surface area contributed by atoms with Crippen molar-refractivity contribution in [3.05, 3.63) is 100 Å². The maximum absolute atomic E-state index is 12.9. The van der Waals surface area contributed by atoms with E-state index < -0.39 is 0 Å². The van der Waals surface area contributed by atoms with E-state index in [9.17, 15) is 10.1 Å². The molecule has 7 nitrogen and oxygen atoms in total. The molecule has 1 saturated heterocycles. The normalized spacial score (nSPS) is 15.4. The molecule has 0 spiro atoms. The summed E-state index contributed by atoms with van der Waals surface area (Å²) in [4.78, 5) is 23.9. The summed E-state index contributed by atoms with van der Waals surface area (Å²) in [5.41, 5.74) is 5.12. The molecule has 0 unspecified atom stereocenters. The third kappa shape index (κ3) is 6.31. The largest absolute Gasteiger partial charge is 0.486 e. The number of fused-ring (bicyclic) bond motifs is 1. The van der Waals surface area contributed by atoms with Crippen molar-refractivity contribution in [2.75, 3.05) is 18.9 Å². The second-order valence-electron chi connectivity index (χ2n) is 10.0. The number of likely N-dealkylation sites (N-methyl/N-ethyl adjacent to an activating group) is 1. The van der Waals surface area contributed by atoms with Crippen molar-refractivity contribution in [2.24, 2.45) is 0 Å². The number of aromatic nitrogens is 2. The number of likely N-dealkylation sites (tertiary alicyclic amines) is 1. The number of halogens is 1. The van der Waals surface area contributed by atoms with Crippen molar-refractivity contribution in [1.29, 1.82) is 5.26 Å². The quantitative estimate of drug-likeness (QED) is 0.236. The number of carbonyl (C=O) groups excluding carboxylic acids is 1. The fourth-order valence-corrected chi connectivity index (χ4v) is 5.15. The monoisotopic (exact) mass is 551 g/mol. The number of carbonyl (C=O) groups is 1. The Hall–Kier alpha value is -4.25. The minimum atomic E-state index is 0.0507. The van der Waals surface area contributed by atoms with Gasteiger partial charge in [-0.2, -0.15) is 5.26 Å². The molecule has 3 heterocycles. The SMILES string of the molecule is Cc1cc2ncc(C#N)c(Nc3ccc(OCc4ccccn4)c(Cl)c3)c2cc1CC(=O)/C=C/[C@H]1CCCN1C. The van der Waals surface area contributed by atoms with Gasteiger partial charge in [0.1, 0.15) is 18.4 Å². The zero-order valence-electron chi connectivity index (χ0n) is 22.5. The Balaban J connectivity index is 1.38. The van der Waals surface area contributed by atoms with Gasteiger partial charge in [0.15, 0.2) is 5.78 Å². The molecule has 0 aliphatic carbocycles. The number of hydrogen-bond acceptors (Lipinski definition) is 7. The Labute approximate surface area is 239 Å². The molecule has 1 aliphatic rings. The minimum Gasteiger partial charge on any atom is -0.486 e. The first-order valence-corrected chi connectivity index (χ1v) is 13.6. The number of nitrogens with zero attached hydrogens (tertiary/aromatic N) is 4. The average Bonchev–Trinajstić information content (AvgIpc) is 3.37. The number of ether oxygens (including phenoxy) is 1. The van der Waals surface area contributed by atoms with E-state index in [1.807, 2.05) is 49.4 Å². The van der Waals surface area contributed by atoms with Gasteiger partial charge in [-0.05, 0) is 93.0 Å². The summed E-state index contributed by atoms with van der Waals surface area (Å²) in [5.74, 6) is 0.584. The predicted molar refractivity (Wildman–Crippen MR) is 158 cm³/mol. The molecule has 0 saturated carbocycles. The summed E-state index contributed by atoms with van der Waals surface area (Å²) in [5, 5.41) is 14.4. The van der Waals surface area contributed by atoms with Crippen molar-refractivity contribution in [1.82, 2.24) is 14.9 Å². The predicted octanol–water partition coefficient (Wildman–Crippen LogP) is 6.55. The maximum Gasteiger partial charge on any atom is 0.159 e. The first-order chi connectivity index (χ1) is 19.4. The zero-order chi connectivity index (χ0) is 28.1. The van der Waals surface area contributed by atoms with E-state index in [1.54, 1.807) is 30.6 Å². The molecule has 1 N–H and O–H groups in total. The lowest BCUT2D eigenvalue weighted by atomic mass is 9.98. The molecule has 0 bridgehead atoms. The van der Waals surface area contributed by atoms with Gasteiger partial charge in [0.25, 0.3) is 0 Å². The fraction of sp³-hybridized carbons (Fsp3) is 0.250. The van der Waals surface area contributed by atoms with E-state index in [4.69, 9.17) is 16.3 Å². The first-order valence-electron chi connectivity index (χ1n) is 13.2. The van der Waals surface area contributed by atoms with E-state index in [0.717, 1.165) is 47.1 Å². The molecule has 2 aromatic heterocycles. The zero-order valence-corrected chi connectivity index (χ0v) is 23.3. The molecule has 40 heavy (non-hydrogen) atoms. The van der Waals surface area contributed by atoms with Gasteiger partial charge in [0.05, 0.1) is 27.5 Å². The van der Waals surface area contributed by atoms with Gasteiger partial charge in [-0.15, -0.1) is 0 Å². The van der Waals surface area contributed by atoms with Crippen LogP contribution in [0.25, 0.3) is 10.9 Å². The third-order valence-electron chi connectivity index (χ3n) is 7.19. The number of rotatable bonds is 9. The van der Waals surface area contributed by atoms with Gasteiger partial charge in [-0.25, -0.2) is 0 Å². The van der Waals surface area contributed by atoms with E-state index in [2.05, 4.69) is 33.3 Å². The number of benzene rings is 2. The average molecular weight is 552 g/mol.